The van der Waals surface area contributed by atoms with Crippen molar-refractivity contribution in [3.63, 3.8) is 0 Å². The number of allylic oxidation sites excluding steroid dienone is 2. The van der Waals surface area contributed by atoms with Crippen molar-refractivity contribution >= 4 is 5.97 Å². The molecule has 0 spiro atoms. The lowest BCUT2D eigenvalue weighted by Gasteiger charge is -2.05. The van der Waals surface area contributed by atoms with Crippen LogP contribution in [0.4, 0.5) is 4.39 Å². The van der Waals surface area contributed by atoms with Crippen molar-refractivity contribution in [2.75, 3.05) is 0 Å². The molecule has 4 heteroatoms. The van der Waals surface area contributed by atoms with E-state index in [1.165, 1.54) is 18.3 Å². The fourth-order valence-corrected chi connectivity index (χ4v) is 1.70. The van der Waals surface area contributed by atoms with Crippen molar-refractivity contribution in [1.29, 1.82) is 0 Å². The fourth-order valence-electron chi connectivity index (χ4n) is 1.70. The van der Waals surface area contributed by atoms with Crippen molar-refractivity contribution in [2.45, 2.75) is 26.2 Å². The zero-order valence-corrected chi connectivity index (χ0v) is 10.9. The molecule has 102 valence electrons. The van der Waals surface area contributed by atoms with Gasteiger partial charge in [0.2, 0.25) is 0 Å². The predicted molar refractivity (Wildman–Crippen MR) is 73.0 cm³/mol. The molecule has 0 radical (unpaired) electrons. The Labute approximate surface area is 112 Å². The summed E-state index contributed by atoms with van der Waals surface area (Å²) in [7, 11) is 0. The molecule has 0 heterocycles. The lowest BCUT2D eigenvalue weighted by molar-refractivity contribution is -0.132. The van der Waals surface area contributed by atoms with E-state index in [2.05, 4.69) is 0 Å². The van der Waals surface area contributed by atoms with E-state index in [0.29, 0.717) is 19.3 Å². The highest BCUT2D eigenvalue weighted by Crippen LogP contribution is 2.14. The Bertz CT molecular complexity index is 507. The summed E-state index contributed by atoms with van der Waals surface area (Å²) >= 11 is 0. The number of carboxylic acids is 1. The molecule has 1 aromatic carbocycles. The van der Waals surface area contributed by atoms with E-state index in [4.69, 9.17) is 10.8 Å². The molecule has 1 rings (SSSR count). The van der Waals surface area contributed by atoms with Gasteiger partial charge in [0, 0.05) is 5.57 Å². The number of aliphatic carboxylic acids is 1. The van der Waals surface area contributed by atoms with Gasteiger partial charge in [-0.2, -0.15) is 0 Å². The van der Waals surface area contributed by atoms with Crippen LogP contribution in [-0.4, -0.2) is 11.1 Å². The molecule has 0 aliphatic rings. The van der Waals surface area contributed by atoms with Gasteiger partial charge >= 0.3 is 5.97 Å². The smallest absolute Gasteiger partial charge is 0.331 e. The second kappa shape index (κ2) is 7.36. The molecule has 0 atom stereocenters. The average molecular weight is 263 g/mol. The Morgan fingerprint density at radius 3 is 2.74 bits per heavy atom. The number of hydrogen-bond donors (Lipinski definition) is 2. The summed E-state index contributed by atoms with van der Waals surface area (Å²) in [6.45, 7) is 1.90. The van der Waals surface area contributed by atoms with Gasteiger partial charge in [0.25, 0.3) is 0 Å². The summed E-state index contributed by atoms with van der Waals surface area (Å²) < 4.78 is 13.0. The third-order valence-electron chi connectivity index (χ3n) is 2.83. The molecular weight excluding hydrogens is 245 g/mol. The highest BCUT2D eigenvalue weighted by atomic mass is 19.1. The highest BCUT2D eigenvalue weighted by molar-refractivity contribution is 5.87. The van der Waals surface area contributed by atoms with Crippen LogP contribution in [0.3, 0.4) is 0 Å². The standard InChI is InChI=1S/C15H18FNO2/c1-2-11(10-17)8-13(15(18)19)7-6-12-4-3-5-14(16)9-12/h3-5,8-10H,2,6-7,17H2,1H3,(H,18,19)/b11-10-,13-8+. The number of rotatable bonds is 6. The topological polar surface area (TPSA) is 63.3 Å². The van der Waals surface area contributed by atoms with Crippen molar-refractivity contribution in [3.8, 4) is 0 Å². The number of hydrogen-bond acceptors (Lipinski definition) is 2. The van der Waals surface area contributed by atoms with Crippen molar-refractivity contribution in [3.05, 3.63) is 59.1 Å². The Kier molecular flexibility index (Phi) is 5.79. The highest BCUT2D eigenvalue weighted by Gasteiger charge is 2.08. The zero-order chi connectivity index (χ0) is 14.3. The molecule has 0 saturated heterocycles. The van der Waals surface area contributed by atoms with E-state index in [-0.39, 0.29) is 11.4 Å². The number of aryl methyl sites for hydroxylation is 1. The van der Waals surface area contributed by atoms with E-state index in [1.54, 1.807) is 18.2 Å². The van der Waals surface area contributed by atoms with Gasteiger partial charge in [0.1, 0.15) is 5.82 Å². The number of carbonyl (C=O) groups is 1. The van der Waals surface area contributed by atoms with Crippen molar-refractivity contribution < 1.29 is 14.3 Å². The molecule has 0 saturated carbocycles. The largest absolute Gasteiger partial charge is 0.478 e. The Balaban J connectivity index is 2.78. The van der Waals surface area contributed by atoms with Crippen molar-refractivity contribution in [2.24, 2.45) is 5.73 Å². The summed E-state index contributed by atoms with van der Waals surface area (Å²) in [6.07, 6.45) is 4.49. The lowest BCUT2D eigenvalue weighted by Crippen LogP contribution is -2.03. The third-order valence-corrected chi connectivity index (χ3v) is 2.83. The monoisotopic (exact) mass is 263 g/mol. The molecule has 0 bridgehead atoms. The van der Waals surface area contributed by atoms with Gasteiger partial charge in [0.15, 0.2) is 0 Å². The van der Waals surface area contributed by atoms with Crippen LogP contribution in [0.1, 0.15) is 25.3 Å². The minimum atomic E-state index is -0.968. The van der Waals surface area contributed by atoms with Crippen LogP contribution in [0.2, 0.25) is 0 Å². The first-order valence-corrected chi connectivity index (χ1v) is 6.16. The molecular formula is C15H18FNO2. The Morgan fingerprint density at radius 1 is 1.47 bits per heavy atom. The first-order valence-electron chi connectivity index (χ1n) is 6.16. The SMILES string of the molecule is CCC(=C/N)/C=C(\CCc1cccc(F)c1)C(=O)O. The predicted octanol–water partition coefficient (Wildman–Crippen LogP) is 3.02. The second-order valence-corrected chi connectivity index (χ2v) is 4.20. The number of benzene rings is 1. The van der Waals surface area contributed by atoms with Gasteiger partial charge in [-0.15, -0.1) is 0 Å². The summed E-state index contributed by atoms with van der Waals surface area (Å²) in [5, 5.41) is 9.14. The van der Waals surface area contributed by atoms with Crippen LogP contribution in [-0.2, 0) is 11.2 Å². The molecule has 0 aliphatic heterocycles. The quantitative estimate of drug-likeness (QED) is 0.612. The maximum absolute atomic E-state index is 13.0. The summed E-state index contributed by atoms with van der Waals surface area (Å²) in [5.74, 6) is -1.28. The van der Waals surface area contributed by atoms with Gasteiger partial charge in [0.05, 0.1) is 0 Å². The molecule has 0 fully saturated rings. The molecule has 0 amide bonds. The van der Waals surface area contributed by atoms with E-state index in [1.807, 2.05) is 6.92 Å². The van der Waals surface area contributed by atoms with Crippen LogP contribution in [0.25, 0.3) is 0 Å². The minimum absolute atomic E-state index is 0.280. The Morgan fingerprint density at radius 2 is 2.21 bits per heavy atom. The normalized spacial score (nSPS) is 12.5. The first kappa shape index (κ1) is 15.0. The molecule has 19 heavy (non-hydrogen) atoms. The summed E-state index contributed by atoms with van der Waals surface area (Å²) in [6, 6.07) is 6.18. The first-order chi connectivity index (χ1) is 9.06. The van der Waals surface area contributed by atoms with Crippen LogP contribution in [0, 0.1) is 5.82 Å². The van der Waals surface area contributed by atoms with E-state index < -0.39 is 5.97 Å². The molecule has 0 unspecified atom stereocenters. The van der Waals surface area contributed by atoms with Crippen LogP contribution in [0.5, 0.6) is 0 Å². The van der Waals surface area contributed by atoms with Gasteiger partial charge in [-0.1, -0.05) is 19.1 Å². The Hall–Kier alpha value is -2.10. The van der Waals surface area contributed by atoms with Crippen molar-refractivity contribution in [1.82, 2.24) is 0 Å². The van der Waals surface area contributed by atoms with Gasteiger partial charge in [-0.25, -0.2) is 9.18 Å². The summed E-state index contributed by atoms with van der Waals surface area (Å²) in [4.78, 5) is 11.1. The lowest BCUT2D eigenvalue weighted by atomic mass is 10.0. The van der Waals surface area contributed by atoms with Crippen LogP contribution < -0.4 is 5.73 Å². The average Bonchev–Trinajstić information content (AvgIpc) is 2.39. The minimum Gasteiger partial charge on any atom is -0.478 e. The number of nitrogens with two attached hydrogens (primary N) is 1. The molecule has 1 aromatic rings. The maximum atomic E-state index is 13.0. The zero-order valence-electron chi connectivity index (χ0n) is 10.9. The van der Waals surface area contributed by atoms with Gasteiger partial charge in [-0.05, 0) is 54.8 Å². The molecule has 3 N–H and O–H groups in total. The second-order valence-electron chi connectivity index (χ2n) is 4.20. The molecule has 0 aliphatic carbocycles. The third kappa shape index (κ3) is 4.95. The fraction of sp³-hybridized carbons (Fsp3) is 0.267. The van der Waals surface area contributed by atoms with E-state index >= 15 is 0 Å². The summed E-state index contributed by atoms with van der Waals surface area (Å²) in [5.41, 5.74) is 7.24. The number of halogens is 1. The van der Waals surface area contributed by atoms with Crippen LogP contribution in [0.15, 0.2) is 47.7 Å². The molecule has 3 nitrogen and oxygen atoms in total. The molecule has 0 aromatic heterocycles. The van der Waals surface area contributed by atoms with E-state index in [0.717, 1.165) is 11.1 Å². The number of carboxylic acid groups (broad SMARTS) is 1. The van der Waals surface area contributed by atoms with Gasteiger partial charge < -0.3 is 10.8 Å². The maximum Gasteiger partial charge on any atom is 0.331 e. The van der Waals surface area contributed by atoms with Crippen LogP contribution >= 0.6 is 0 Å². The van der Waals surface area contributed by atoms with Gasteiger partial charge in [-0.3, -0.25) is 0 Å². The van der Waals surface area contributed by atoms with E-state index in [9.17, 15) is 9.18 Å².